The molecule has 3 aromatic heterocycles. The SMILES string of the molecule is CCn1ncc2cc(C3=Nc4c(-c5ncc(-c6ccccc6)o5)cnn4CC3=O)ccc21. The summed E-state index contributed by atoms with van der Waals surface area (Å²) in [6.07, 6.45) is 5.14. The molecule has 4 heterocycles. The zero-order valence-corrected chi connectivity index (χ0v) is 17.3. The number of hydrogen-bond acceptors (Lipinski definition) is 6. The highest BCUT2D eigenvalue weighted by atomic mass is 16.4. The van der Waals surface area contributed by atoms with Gasteiger partial charge in [-0.3, -0.25) is 9.48 Å². The van der Waals surface area contributed by atoms with Crippen molar-refractivity contribution in [3.05, 3.63) is 72.7 Å². The summed E-state index contributed by atoms with van der Waals surface area (Å²) >= 11 is 0. The lowest BCUT2D eigenvalue weighted by Gasteiger charge is -2.14. The molecule has 0 aliphatic carbocycles. The standard InChI is InChI=1S/C24H18N6O2/c1-2-29-19-9-8-16(10-17(19)11-26-29)22-20(31)14-30-23(28-22)18(12-27-30)24-25-13-21(32-24)15-6-4-3-5-7-15/h3-13H,2,14H2,1H3. The number of aryl methyl sites for hydroxylation is 1. The van der Waals surface area contributed by atoms with E-state index >= 15 is 0 Å². The predicted octanol–water partition coefficient (Wildman–Crippen LogP) is 4.28. The molecule has 0 radical (unpaired) electrons. The van der Waals surface area contributed by atoms with E-state index in [1.807, 2.05) is 66.3 Å². The van der Waals surface area contributed by atoms with Gasteiger partial charge in [-0.2, -0.15) is 10.2 Å². The van der Waals surface area contributed by atoms with Gasteiger partial charge in [-0.1, -0.05) is 36.4 Å². The zero-order chi connectivity index (χ0) is 21.7. The van der Waals surface area contributed by atoms with Crippen molar-refractivity contribution in [3.8, 4) is 22.8 Å². The van der Waals surface area contributed by atoms with Crippen LogP contribution in [0.2, 0.25) is 0 Å². The molecule has 8 heteroatoms. The highest BCUT2D eigenvalue weighted by Crippen LogP contribution is 2.34. The second kappa shape index (κ2) is 7.12. The molecule has 32 heavy (non-hydrogen) atoms. The molecule has 0 saturated carbocycles. The second-order valence-corrected chi connectivity index (χ2v) is 7.55. The quantitative estimate of drug-likeness (QED) is 0.431. The van der Waals surface area contributed by atoms with Crippen molar-refractivity contribution in [2.75, 3.05) is 0 Å². The fourth-order valence-corrected chi connectivity index (χ4v) is 3.99. The lowest BCUT2D eigenvalue weighted by molar-refractivity contribution is -0.113. The first-order valence-electron chi connectivity index (χ1n) is 10.4. The summed E-state index contributed by atoms with van der Waals surface area (Å²) in [4.78, 5) is 22.0. The molecule has 0 spiro atoms. The summed E-state index contributed by atoms with van der Waals surface area (Å²) in [7, 11) is 0. The van der Waals surface area contributed by atoms with Crippen molar-refractivity contribution < 1.29 is 9.21 Å². The smallest absolute Gasteiger partial charge is 0.232 e. The van der Waals surface area contributed by atoms with Crippen molar-refractivity contribution in [1.29, 1.82) is 0 Å². The minimum Gasteiger partial charge on any atom is -0.436 e. The number of hydrogen-bond donors (Lipinski definition) is 0. The van der Waals surface area contributed by atoms with Crippen LogP contribution < -0.4 is 0 Å². The maximum Gasteiger partial charge on any atom is 0.232 e. The Morgan fingerprint density at radius 3 is 2.72 bits per heavy atom. The molecule has 2 aromatic carbocycles. The minimum absolute atomic E-state index is 0.0910. The highest BCUT2D eigenvalue weighted by molar-refractivity contribution is 6.47. The van der Waals surface area contributed by atoms with Crippen LogP contribution in [-0.4, -0.2) is 36.0 Å². The summed E-state index contributed by atoms with van der Waals surface area (Å²) in [6.45, 7) is 2.95. The first kappa shape index (κ1) is 18.4. The van der Waals surface area contributed by atoms with E-state index < -0.39 is 0 Å². The molecule has 0 fully saturated rings. The normalized spacial score (nSPS) is 13.4. The van der Waals surface area contributed by atoms with E-state index in [1.54, 1.807) is 17.1 Å². The molecule has 6 rings (SSSR count). The Kier molecular flexibility index (Phi) is 4.10. The highest BCUT2D eigenvalue weighted by Gasteiger charge is 2.27. The Morgan fingerprint density at radius 2 is 1.88 bits per heavy atom. The molecule has 0 atom stereocenters. The molecule has 8 nitrogen and oxygen atoms in total. The van der Waals surface area contributed by atoms with Crippen molar-refractivity contribution in [3.63, 3.8) is 0 Å². The fraction of sp³-hybridized carbons (Fsp3) is 0.125. The number of aromatic nitrogens is 5. The number of oxazole rings is 1. The molecule has 0 amide bonds. The van der Waals surface area contributed by atoms with Crippen LogP contribution in [0, 0.1) is 0 Å². The Labute approximate surface area is 182 Å². The first-order chi connectivity index (χ1) is 15.7. The number of benzene rings is 2. The Morgan fingerprint density at radius 1 is 1.00 bits per heavy atom. The Bertz CT molecular complexity index is 1510. The molecule has 0 unspecified atom stereocenters. The number of nitrogens with zero attached hydrogens (tertiary/aromatic N) is 6. The van der Waals surface area contributed by atoms with Crippen molar-refractivity contribution in [2.24, 2.45) is 4.99 Å². The number of aliphatic imine (C=N–C) groups is 1. The average Bonchev–Trinajstić information content (AvgIpc) is 3.56. The van der Waals surface area contributed by atoms with E-state index in [-0.39, 0.29) is 12.3 Å². The maximum absolute atomic E-state index is 12.8. The lowest BCUT2D eigenvalue weighted by Crippen LogP contribution is -2.25. The van der Waals surface area contributed by atoms with Gasteiger partial charge in [0, 0.05) is 23.1 Å². The topological polar surface area (TPSA) is 91.1 Å². The zero-order valence-electron chi connectivity index (χ0n) is 17.3. The number of fused-ring (bicyclic) bond motifs is 2. The molecular formula is C24H18N6O2. The van der Waals surface area contributed by atoms with Gasteiger partial charge in [0.25, 0.3) is 0 Å². The largest absolute Gasteiger partial charge is 0.436 e. The van der Waals surface area contributed by atoms with Crippen molar-refractivity contribution >= 4 is 28.2 Å². The molecule has 1 aliphatic rings. The number of carbonyl (C=O) groups excluding carboxylic acids is 1. The molecular weight excluding hydrogens is 404 g/mol. The lowest BCUT2D eigenvalue weighted by atomic mass is 10.0. The van der Waals surface area contributed by atoms with Crippen LogP contribution in [0.15, 0.2) is 76.5 Å². The Hall–Kier alpha value is -4.33. The van der Waals surface area contributed by atoms with Crippen LogP contribution in [0.1, 0.15) is 12.5 Å². The molecule has 1 aliphatic heterocycles. The van der Waals surface area contributed by atoms with Crippen LogP contribution in [0.5, 0.6) is 0 Å². The van der Waals surface area contributed by atoms with Crippen LogP contribution in [-0.2, 0) is 17.9 Å². The first-order valence-corrected chi connectivity index (χ1v) is 10.4. The molecule has 0 bridgehead atoms. The predicted molar refractivity (Wildman–Crippen MR) is 120 cm³/mol. The summed E-state index contributed by atoms with van der Waals surface area (Å²) in [6, 6.07) is 15.6. The van der Waals surface area contributed by atoms with Gasteiger partial charge >= 0.3 is 0 Å². The summed E-state index contributed by atoms with van der Waals surface area (Å²) in [5.41, 5.74) is 3.78. The molecule has 0 N–H and O–H groups in total. The van der Waals surface area contributed by atoms with Crippen LogP contribution in [0.25, 0.3) is 33.7 Å². The number of ketones is 1. The monoisotopic (exact) mass is 422 g/mol. The van der Waals surface area contributed by atoms with E-state index in [9.17, 15) is 4.79 Å². The van der Waals surface area contributed by atoms with Gasteiger partial charge in [0.15, 0.2) is 11.6 Å². The summed E-state index contributed by atoms with van der Waals surface area (Å²) < 4.78 is 9.50. The summed E-state index contributed by atoms with van der Waals surface area (Å²) in [5.74, 6) is 1.55. The molecule has 0 saturated heterocycles. The Balaban J connectivity index is 1.42. The van der Waals surface area contributed by atoms with Gasteiger partial charge in [-0.05, 0) is 19.1 Å². The van der Waals surface area contributed by atoms with Crippen molar-refractivity contribution in [1.82, 2.24) is 24.5 Å². The third kappa shape index (κ3) is 2.88. The third-order valence-corrected chi connectivity index (χ3v) is 5.60. The summed E-state index contributed by atoms with van der Waals surface area (Å²) in [5, 5.41) is 9.69. The van der Waals surface area contributed by atoms with Crippen LogP contribution in [0.4, 0.5) is 5.82 Å². The van der Waals surface area contributed by atoms with Gasteiger partial charge < -0.3 is 4.42 Å². The maximum atomic E-state index is 12.8. The molecule has 156 valence electrons. The number of carbonyl (C=O) groups is 1. The third-order valence-electron chi connectivity index (χ3n) is 5.60. The van der Waals surface area contributed by atoms with Gasteiger partial charge in [-0.15, -0.1) is 0 Å². The van der Waals surface area contributed by atoms with Crippen molar-refractivity contribution in [2.45, 2.75) is 20.0 Å². The van der Waals surface area contributed by atoms with Gasteiger partial charge in [0.1, 0.15) is 17.8 Å². The van der Waals surface area contributed by atoms with E-state index in [0.717, 1.165) is 28.6 Å². The van der Waals surface area contributed by atoms with Crippen LogP contribution in [0.3, 0.4) is 0 Å². The number of rotatable bonds is 4. The molecule has 5 aromatic rings. The van der Waals surface area contributed by atoms with Crippen LogP contribution >= 0.6 is 0 Å². The van der Waals surface area contributed by atoms with E-state index in [1.165, 1.54) is 0 Å². The van der Waals surface area contributed by atoms with Gasteiger partial charge in [0.2, 0.25) is 11.7 Å². The average molecular weight is 422 g/mol. The minimum atomic E-state index is -0.0910. The van der Waals surface area contributed by atoms with Gasteiger partial charge in [-0.25, -0.2) is 14.7 Å². The van der Waals surface area contributed by atoms with E-state index in [4.69, 9.17) is 4.42 Å². The number of Topliss-reactive ketones (excluding diaryl/α,β-unsaturated/α-hetero) is 1. The second-order valence-electron chi connectivity index (χ2n) is 7.55. The van der Waals surface area contributed by atoms with Gasteiger partial charge in [0.05, 0.1) is 24.1 Å². The fourth-order valence-electron chi connectivity index (χ4n) is 3.99. The van der Waals surface area contributed by atoms with E-state index in [2.05, 4.69) is 20.2 Å². The van der Waals surface area contributed by atoms with E-state index in [0.29, 0.717) is 28.7 Å².